The van der Waals surface area contributed by atoms with Crippen molar-refractivity contribution in [2.24, 2.45) is 0 Å². The van der Waals surface area contributed by atoms with Gasteiger partial charge in [-0.1, -0.05) is 6.07 Å². The molecule has 0 bridgehead atoms. The van der Waals surface area contributed by atoms with Gasteiger partial charge in [0.25, 0.3) is 5.91 Å². The second-order valence-electron chi connectivity index (χ2n) is 6.22. The van der Waals surface area contributed by atoms with Crippen LogP contribution in [0.2, 0.25) is 0 Å². The first-order valence-corrected chi connectivity index (χ1v) is 9.17. The number of rotatable bonds is 5. The van der Waals surface area contributed by atoms with Gasteiger partial charge in [0.2, 0.25) is 0 Å². The van der Waals surface area contributed by atoms with E-state index in [4.69, 9.17) is 0 Å². The lowest BCUT2D eigenvalue weighted by Gasteiger charge is -2.38. The van der Waals surface area contributed by atoms with Gasteiger partial charge >= 0.3 is 0 Å². The molecule has 0 unspecified atom stereocenters. The minimum Gasteiger partial charge on any atom is -0.350 e. The maximum absolute atomic E-state index is 13.8. The summed E-state index contributed by atoms with van der Waals surface area (Å²) in [5.74, 6) is -2.40. The first-order valence-electron chi connectivity index (χ1n) is 8.23. The van der Waals surface area contributed by atoms with Crippen molar-refractivity contribution in [1.82, 2.24) is 15.1 Å². The summed E-state index contributed by atoms with van der Waals surface area (Å²) in [7, 11) is 2.08. The zero-order chi connectivity index (χ0) is 17.8. The SMILES string of the molecule is CN1CCN([C@H](CNC(=O)c2c(F)cccc2F)c2ccsc2)CC1. The van der Waals surface area contributed by atoms with Crippen molar-refractivity contribution in [2.75, 3.05) is 39.8 Å². The van der Waals surface area contributed by atoms with Crippen molar-refractivity contribution in [1.29, 1.82) is 0 Å². The molecule has 1 amide bonds. The van der Waals surface area contributed by atoms with E-state index in [0.717, 1.165) is 43.9 Å². The van der Waals surface area contributed by atoms with Crippen LogP contribution in [0.1, 0.15) is 22.0 Å². The lowest BCUT2D eigenvalue weighted by molar-refractivity contribution is 0.0879. The highest BCUT2D eigenvalue weighted by Crippen LogP contribution is 2.24. The molecule has 25 heavy (non-hydrogen) atoms. The highest BCUT2D eigenvalue weighted by molar-refractivity contribution is 7.07. The Kier molecular flexibility index (Phi) is 5.78. The van der Waals surface area contributed by atoms with E-state index in [0.29, 0.717) is 6.54 Å². The molecule has 1 aliphatic heterocycles. The summed E-state index contributed by atoms with van der Waals surface area (Å²) >= 11 is 1.60. The fourth-order valence-corrected chi connectivity index (χ4v) is 3.76. The van der Waals surface area contributed by atoms with E-state index >= 15 is 0 Å². The van der Waals surface area contributed by atoms with Crippen LogP contribution >= 0.6 is 11.3 Å². The smallest absolute Gasteiger partial charge is 0.257 e. The normalized spacial score (nSPS) is 17.4. The number of likely N-dealkylation sites (N-methyl/N-ethyl adjacent to an activating group) is 1. The number of hydrogen-bond acceptors (Lipinski definition) is 4. The van der Waals surface area contributed by atoms with Gasteiger partial charge in [-0.05, 0) is 41.6 Å². The van der Waals surface area contributed by atoms with E-state index in [9.17, 15) is 13.6 Å². The van der Waals surface area contributed by atoms with E-state index in [2.05, 4.69) is 27.5 Å². The van der Waals surface area contributed by atoms with Crippen LogP contribution in [0.15, 0.2) is 35.0 Å². The second kappa shape index (κ2) is 8.03. The molecule has 7 heteroatoms. The summed E-state index contributed by atoms with van der Waals surface area (Å²) in [5.41, 5.74) is 0.591. The lowest BCUT2D eigenvalue weighted by Crippen LogP contribution is -2.48. The Morgan fingerprint density at radius 3 is 2.48 bits per heavy atom. The van der Waals surface area contributed by atoms with Crippen LogP contribution in [0.5, 0.6) is 0 Å². The predicted octanol–water partition coefficient (Wildman–Crippen LogP) is 2.74. The first kappa shape index (κ1) is 18.0. The molecule has 134 valence electrons. The minimum absolute atomic E-state index is 0.00117. The van der Waals surface area contributed by atoms with Crippen molar-refractivity contribution in [3.05, 3.63) is 57.8 Å². The number of carbonyl (C=O) groups is 1. The van der Waals surface area contributed by atoms with Crippen LogP contribution in [0.4, 0.5) is 8.78 Å². The zero-order valence-corrected chi connectivity index (χ0v) is 14.9. The molecule has 1 saturated heterocycles. The Morgan fingerprint density at radius 1 is 1.20 bits per heavy atom. The van der Waals surface area contributed by atoms with Crippen molar-refractivity contribution in [3.63, 3.8) is 0 Å². The quantitative estimate of drug-likeness (QED) is 0.885. The average molecular weight is 365 g/mol. The van der Waals surface area contributed by atoms with Gasteiger partial charge in [-0.3, -0.25) is 9.69 Å². The number of benzene rings is 1. The maximum Gasteiger partial charge on any atom is 0.257 e. The van der Waals surface area contributed by atoms with Crippen molar-refractivity contribution >= 4 is 17.2 Å². The highest BCUT2D eigenvalue weighted by atomic mass is 32.1. The van der Waals surface area contributed by atoms with Gasteiger partial charge in [0.05, 0.1) is 6.04 Å². The van der Waals surface area contributed by atoms with Crippen LogP contribution in [0, 0.1) is 11.6 Å². The number of nitrogens with one attached hydrogen (secondary N) is 1. The van der Waals surface area contributed by atoms with Gasteiger partial charge < -0.3 is 10.2 Å². The topological polar surface area (TPSA) is 35.6 Å². The van der Waals surface area contributed by atoms with Crippen LogP contribution in [-0.4, -0.2) is 55.5 Å². The van der Waals surface area contributed by atoms with Gasteiger partial charge in [0, 0.05) is 32.7 Å². The standard InChI is InChI=1S/C18H21F2N3OS/c1-22-6-8-23(9-7-22)16(13-5-10-25-12-13)11-21-18(24)17-14(19)3-2-4-15(17)20/h2-5,10,12,16H,6-9,11H2,1H3,(H,21,24)/t16-/m1/s1. The Bertz CT molecular complexity index is 695. The molecule has 3 rings (SSSR count). The number of piperazine rings is 1. The van der Waals surface area contributed by atoms with Gasteiger partial charge in [-0.25, -0.2) is 8.78 Å². The molecule has 1 N–H and O–H groups in total. The molecule has 2 aromatic rings. The molecule has 0 radical (unpaired) electrons. The molecule has 4 nitrogen and oxygen atoms in total. The molecule has 1 aromatic carbocycles. The fraction of sp³-hybridized carbons (Fsp3) is 0.389. The zero-order valence-electron chi connectivity index (χ0n) is 14.0. The van der Waals surface area contributed by atoms with Crippen LogP contribution < -0.4 is 5.32 Å². The summed E-state index contributed by atoms with van der Waals surface area (Å²) in [6.07, 6.45) is 0. The summed E-state index contributed by atoms with van der Waals surface area (Å²) in [6.45, 7) is 4.00. The van der Waals surface area contributed by atoms with Crippen molar-refractivity contribution < 1.29 is 13.6 Å². The van der Waals surface area contributed by atoms with Crippen LogP contribution in [0.25, 0.3) is 0 Å². The second-order valence-corrected chi connectivity index (χ2v) is 7.00. The molecule has 1 fully saturated rings. The third kappa shape index (κ3) is 4.23. The van der Waals surface area contributed by atoms with Gasteiger partial charge in [0.1, 0.15) is 17.2 Å². The molecule has 0 saturated carbocycles. The maximum atomic E-state index is 13.8. The molecule has 0 aliphatic carbocycles. The summed E-state index contributed by atoms with van der Waals surface area (Å²) < 4.78 is 27.6. The van der Waals surface area contributed by atoms with Crippen LogP contribution in [-0.2, 0) is 0 Å². The number of carbonyl (C=O) groups excluding carboxylic acids is 1. The predicted molar refractivity (Wildman–Crippen MR) is 94.8 cm³/mol. The van der Waals surface area contributed by atoms with E-state index in [1.165, 1.54) is 6.07 Å². The number of hydrogen-bond donors (Lipinski definition) is 1. The molecule has 2 heterocycles. The van der Waals surface area contributed by atoms with E-state index in [-0.39, 0.29) is 6.04 Å². The summed E-state index contributed by atoms with van der Waals surface area (Å²) in [6, 6.07) is 5.46. The number of amides is 1. The molecular weight excluding hydrogens is 344 g/mol. The lowest BCUT2D eigenvalue weighted by atomic mass is 10.1. The van der Waals surface area contributed by atoms with Crippen molar-refractivity contribution in [3.8, 4) is 0 Å². The van der Waals surface area contributed by atoms with E-state index < -0.39 is 23.1 Å². The molecule has 1 aliphatic rings. The monoisotopic (exact) mass is 365 g/mol. The third-order valence-electron chi connectivity index (χ3n) is 4.55. The van der Waals surface area contributed by atoms with Crippen LogP contribution in [0.3, 0.4) is 0 Å². The Labute approximate surface area is 150 Å². The first-order chi connectivity index (χ1) is 12.1. The van der Waals surface area contributed by atoms with E-state index in [1.807, 2.05) is 11.4 Å². The molecule has 1 aromatic heterocycles. The van der Waals surface area contributed by atoms with Crippen molar-refractivity contribution in [2.45, 2.75) is 6.04 Å². The summed E-state index contributed by atoms with van der Waals surface area (Å²) in [4.78, 5) is 16.8. The minimum atomic E-state index is -0.843. The largest absolute Gasteiger partial charge is 0.350 e. The molecule has 1 atom stereocenters. The third-order valence-corrected chi connectivity index (χ3v) is 5.25. The Balaban J connectivity index is 1.72. The van der Waals surface area contributed by atoms with Gasteiger partial charge in [-0.15, -0.1) is 0 Å². The van der Waals surface area contributed by atoms with E-state index in [1.54, 1.807) is 11.3 Å². The summed E-state index contributed by atoms with van der Waals surface area (Å²) in [5, 5.41) is 6.76. The van der Waals surface area contributed by atoms with Gasteiger partial charge in [-0.2, -0.15) is 11.3 Å². The fourth-order valence-electron chi connectivity index (χ4n) is 3.05. The number of halogens is 2. The molecular formula is C18H21F2N3OS. The average Bonchev–Trinajstić information content (AvgIpc) is 3.11. The highest BCUT2D eigenvalue weighted by Gasteiger charge is 2.26. The number of nitrogens with zero attached hydrogens (tertiary/aromatic N) is 2. The Morgan fingerprint density at radius 2 is 1.88 bits per heavy atom. The van der Waals surface area contributed by atoms with Gasteiger partial charge in [0.15, 0.2) is 0 Å². The Hall–Kier alpha value is -1.83. The molecule has 0 spiro atoms. The number of thiophene rings is 1.